The van der Waals surface area contributed by atoms with Gasteiger partial charge in [0.25, 0.3) is 0 Å². The van der Waals surface area contributed by atoms with E-state index in [2.05, 4.69) is 10.3 Å². The Morgan fingerprint density at radius 1 is 0.840 bits per heavy atom. The molecule has 0 aliphatic rings. The van der Waals surface area contributed by atoms with Crippen molar-refractivity contribution in [1.29, 1.82) is 5.26 Å². The largest absolute Gasteiger partial charge is 0.465 e. The number of aromatic nitrogens is 2. The van der Waals surface area contributed by atoms with Gasteiger partial charge in [-0.2, -0.15) is 5.26 Å². The van der Waals surface area contributed by atoms with Crippen molar-refractivity contribution in [2.24, 2.45) is 0 Å². The van der Waals surface area contributed by atoms with E-state index in [4.69, 9.17) is 10.2 Å². The molecule has 8 nitrogen and oxygen atoms in total. The van der Waals surface area contributed by atoms with Crippen LogP contribution in [0.1, 0.15) is 61.3 Å². The lowest BCUT2D eigenvalue weighted by Gasteiger charge is -2.40. The molecule has 0 fully saturated rings. The zero-order chi connectivity index (χ0) is 35.5. The molecular formula is C41H36FN5O3. The molecule has 0 saturated heterocycles. The van der Waals surface area contributed by atoms with E-state index >= 15 is 0 Å². The fourth-order valence-electron chi connectivity index (χ4n) is 6.57. The first-order valence-electron chi connectivity index (χ1n) is 16.2. The molecular weight excluding hydrogens is 629 g/mol. The predicted molar refractivity (Wildman–Crippen MR) is 191 cm³/mol. The van der Waals surface area contributed by atoms with E-state index in [0.717, 1.165) is 16.7 Å². The van der Waals surface area contributed by atoms with Gasteiger partial charge in [0.1, 0.15) is 29.3 Å². The maximum absolute atomic E-state index is 14.5. The van der Waals surface area contributed by atoms with E-state index in [9.17, 15) is 19.1 Å². The third kappa shape index (κ3) is 6.56. The van der Waals surface area contributed by atoms with Crippen molar-refractivity contribution in [3.63, 3.8) is 0 Å². The highest BCUT2D eigenvalue weighted by Gasteiger charge is 2.41. The fraction of sp³-hybridized carbons (Fsp3) is 0.171. The van der Waals surface area contributed by atoms with Gasteiger partial charge in [-0.15, -0.1) is 0 Å². The summed E-state index contributed by atoms with van der Waals surface area (Å²) < 4.78 is 14.5. The number of hydrogen-bond acceptors (Lipinski definition) is 4. The number of fused-ring (bicyclic) bond motifs is 1. The van der Waals surface area contributed by atoms with Gasteiger partial charge in [0.15, 0.2) is 0 Å². The first-order valence-corrected chi connectivity index (χ1v) is 16.2. The second-order valence-electron chi connectivity index (χ2n) is 13.1. The molecule has 0 bridgehead atoms. The van der Waals surface area contributed by atoms with Gasteiger partial charge in [-0.3, -0.25) is 9.69 Å². The molecule has 6 aromatic rings. The van der Waals surface area contributed by atoms with Gasteiger partial charge in [0.2, 0.25) is 5.91 Å². The van der Waals surface area contributed by atoms with E-state index in [0.29, 0.717) is 28.0 Å². The van der Waals surface area contributed by atoms with Crippen LogP contribution in [0.2, 0.25) is 0 Å². The van der Waals surface area contributed by atoms with Gasteiger partial charge in [-0.1, -0.05) is 103 Å². The molecule has 0 spiro atoms. The summed E-state index contributed by atoms with van der Waals surface area (Å²) in [6.07, 6.45) is -1.45. The quantitative estimate of drug-likeness (QED) is 0.134. The molecule has 5 aromatic carbocycles. The summed E-state index contributed by atoms with van der Waals surface area (Å²) in [7, 11) is 0. The Hall–Kier alpha value is -6.27. The topological polar surface area (TPSA) is 122 Å². The van der Waals surface area contributed by atoms with Crippen molar-refractivity contribution in [2.45, 2.75) is 44.3 Å². The SMILES string of the molecule is CC(C)(C)N(C(=O)O)[C@@H](CC(=O)NC(c1ccccc1)(c1ccccc1)c1ccccc1)c1nc2ccc(-c3ccc(C#N)c(F)c3)cc2[nH]1. The van der Waals surface area contributed by atoms with E-state index in [1.807, 2.05) is 97.1 Å². The van der Waals surface area contributed by atoms with Crippen molar-refractivity contribution < 1.29 is 19.1 Å². The number of carbonyl (C=O) groups is 2. The number of nitrogens with zero attached hydrogens (tertiary/aromatic N) is 3. The van der Waals surface area contributed by atoms with E-state index in [1.165, 1.54) is 17.0 Å². The highest BCUT2D eigenvalue weighted by Crippen LogP contribution is 2.38. The summed E-state index contributed by atoms with van der Waals surface area (Å²) in [6.45, 7) is 5.32. The number of halogens is 1. The number of hydrogen-bond donors (Lipinski definition) is 3. The van der Waals surface area contributed by atoms with Gasteiger partial charge in [0.05, 0.1) is 23.0 Å². The van der Waals surface area contributed by atoms with Crippen molar-refractivity contribution in [3.05, 3.63) is 161 Å². The maximum atomic E-state index is 14.5. The standard InChI is InChI=1S/C41H36FN5O3/c1-40(2,3)47(39(49)50)36(38-44-34-22-21-28(24-35(34)45-38)27-19-20-29(26-43)33(42)23-27)25-37(48)46-41(30-13-7-4-8-14-30,31-15-9-5-10-16-31)32-17-11-6-12-18-32/h4-24,36H,25H2,1-3H3,(H,44,45)(H,46,48)(H,49,50)/t36-/m0/s1. The number of H-pyrrole nitrogens is 1. The molecule has 250 valence electrons. The zero-order valence-corrected chi connectivity index (χ0v) is 27.9. The van der Waals surface area contributed by atoms with Gasteiger partial charge >= 0.3 is 6.09 Å². The third-order valence-corrected chi connectivity index (χ3v) is 8.81. The Bertz CT molecular complexity index is 2090. The molecule has 3 N–H and O–H groups in total. The number of carbonyl (C=O) groups excluding carboxylic acids is 1. The first kappa shape index (κ1) is 33.6. The lowest BCUT2D eigenvalue weighted by Crippen LogP contribution is -2.51. The molecule has 1 atom stereocenters. The number of aromatic amines is 1. The summed E-state index contributed by atoms with van der Waals surface area (Å²) in [5.41, 5.74) is 2.83. The molecule has 0 aliphatic heterocycles. The maximum Gasteiger partial charge on any atom is 0.408 e. The van der Waals surface area contributed by atoms with Crippen LogP contribution in [0.5, 0.6) is 0 Å². The van der Waals surface area contributed by atoms with Gasteiger partial charge in [-0.05, 0) is 72.9 Å². The van der Waals surface area contributed by atoms with E-state index in [-0.39, 0.29) is 12.0 Å². The second kappa shape index (κ2) is 13.7. The highest BCUT2D eigenvalue weighted by atomic mass is 19.1. The lowest BCUT2D eigenvalue weighted by molar-refractivity contribution is -0.124. The van der Waals surface area contributed by atoms with Crippen LogP contribution >= 0.6 is 0 Å². The molecule has 0 saturated carbocycles. The van der Waals surface area contributed by atoms with Crippen LogP contribution < -0.4 is 5.32 Å². The number of rotatable bonds is 9. The van der Waals surface area contributed by atoms with Gasteiger partial charge in [-0.25, -0.2) is 14.2 Å². The van der Waals surface area contributed by atoms with Crippen LogP contribution in [0, 0.1) is 17.1 Å². The monoisotopic (exact) mass is 665 g/mol. The Morgan fingerprint density at radius 3 is 1.84 bits per heavy atom. The molecule has 1 heterocycles. The predicted octanol–water partition coefficient (Wildman–Crippen LogP) is 8.56. The number of nitrogens with one attached hydrogen (secondary N) is 2. The third-order valence-electron chi connectivity index (χ3n) is 8.81. The van der Waals surface area contributed by atoms with Gasteiger partial charge < -0.3 is 15.4 Å². The normalized spacial score (nSPS) is 12.2. The lowest BCUT2D eigenvalue weighted by atomic mass is 9.77. The number of carboxylic acid groups (broad SMARTS) is 1. The summed E-state index contributed by atoms with van der Waals surface area (Å²) in [5, 5.41) is 23.0. The van der Waals surface area contributed by atoms with Crippen LogP contribution in [0.3, 0.4) is 0 Å². The fourth-order valence-corrected chi connectivity index (χ4v) is 6.57. The summed E-state index contributed by atoms with van der Waals surface area (Å²) in [5.74, 6) is -0.724. The van der Waals surface area contributed by atoms with E-state index in [1.54, 1.807) is 45.0 Å². The minimum Gasteiger partial charge on any atom is -0.465 e. The number of nitriles is 1. The van der Waals surface area contributed by atoms with Crippen LogP contribution in [-0.2, 0) is 10.3 Å². The second-order valence-corrected chi connectivity index (χ2v) is 13.1. The van der Waals surface area contributed by atoms with Crippen LogP contribution in [0.25, 0.3) is 22.2 Å². The Labute approximate surface area is 289 Å². The highest BCUT2D eigenvalue weighted by molar-refractivity contribution is 5.84. The van der Waals surface area contributed by atoms with Crippen LogP contribution in [0.4, 0.5) is 9.18 Å². The van der Waals surface area contributed by atoms with E-state index < -0.39 is 34.9 Å². The molecule has 1 aromatic heterocycles. The average Bonchev–Trinajstić information content (AvgIpc) is 3.54. The molecule has 50 heavy (non-hydrogen) atoms. The number of imidazole rings is 1. The molecule has 2 amide bonds. The van der Waals surface area contributed by atoms with Crippen molar-refractivity contribution in [2.75, 3.05) is 0 Å². The minimum absolute atomic E-state index is 0.0495. The number of benzene rings is 5. The molecule has 0 unspecified atom stereocenters. The first-order chi connectivity index (χ1) is 24.0. The summed E-state index contributed by atoms with van der Waals surface area (Å²) >= 11 is 0. The smallest absolute Gasteiger partial charge is 0.408 e. The molecule has 0 radical (unpaired) electrons. The zero-order valence-electron chi connectivity index (χ0n) is 27.9. The molecule has 0 aliphatic carbocycles. The van der Waals surface area contributed by atoms with Crippen molar-refractivity contribution in [1.82, 2.24) is 20.2 Å². The summed E-state index contributed by atoms with van der Waals surface area (Å²) in [4.78, 5) is 36.7. The van der Waals surface area contributed by atoms with Crippen molar-refractivity contribution in [3.8, 4) is 17.2 Å². The Kier molecular flexibility index (Phi) is 9.20. The van der Waals surface area contributed by atoms with Crippen LogP contribution in [0.15, 0.2) is 127 Å². The Morgan fingerprint density at radius 2 is 1.36 bits per heavy atom. The average molecular weight is 666 g/mol. The van der Waals surface area contributed by atoms with Crippen LogP contribution in [-0.4, -0.2) is 37.5 Å². The van der Waals surface area contributed by atoms with Crippen molar-refractivity contribution >= 4 is 23.0 Å². The Balaban J connectivity index is 1.44. The van der Waals surface area contributed by atoms with Gasteiger partial charge in [0, 0.05) is 5.54 Å². The summed E-state index contributed by atoms with van der Waals surface area (Å²) in [6, 6.07) is 39.6. The molecule has 9 heteroatoms. The molecule has 6 rings (SSSR count). The number of amides is 2. The minimum atomic E-state index is -1.20.